The highest BCUT2D eigenvalue weighted by Crippen LogP contribution is 2.46. The van der Waals surface area contributed by atoms with Crippen molar-refractivity contribution in [2.24, 2.45) is 0 Å². The summed E-state index contributed by atoms with van der Waals surface area (Å²) in [4.78, 5) is 38.8. The van der Waals surface area contributed by atoms with E-state index < -0.39 is 17.5 Å². The summed E-state index contributed by atoms with van der Waals surface area (Å²) in [5, 5.41) is 8.17. The quantitative estimate of drug-likeness (QED) is 0.424. The summed E-state index contributed by atoms with van der Waals surface area (Å²) >= 11 is 0. The summed E-state index contributed by atoms with van der Waals surface area (Å²) in [6.45, 7) is 3.98. The van der Waals surface area contributed by atoms with Crippen LogP contribution in [0.25, 0.3) is 22.2 Å². The van der Waals surface area contributed by atoms with Crippen LogP contribution in [0.15, 0.2) is 54.0 Å². The molecule has 0 radical (unpaired) electrons. The largest absolute Gasteiger partial charge is 0.340 e. The van der Waals surface area contributed by atoms with Crippen molar-refractivity contribution in [3.8, 4) is 11.1 Å². The molecule has 2 saturated carbocycles. The Labute approximate surface area is 210 Å². The number of hydrogen-bond donors (Lipinski definition) is 1. The first kappa shape index (κ1) is 23.4. The number of carbonyl (C=O) groups is 1. The Morgan fingerprint density at radius 1 is 1.11 bits per heavy atom. The molecule has 1 N–H and O–H groups in total. The highest BCUT2D eigenvalue weighted by molar-refractivity contribution is 5.93. The Bertz CT molecular complexity index is 1560. The molecule has 37 heavy (non-hydrogen) atoms. The molecular formula is C26H25F2N7O2. The van der Waals surface area contributed by atoms with E-state index in [1.807, 2.05) is 26.0 Å². The Balaban J connectivity index is 1.22. The van der Waals surface area contributed by atoms with Crippen LogP contribution in [0.3, 0.4) is 0 Å². The van der Waals surface area contributed by atoms with Gasteiger partial charge in [0.15, 0.2) is 5.65 Å². The standard InChI is InChI=1S/C26H25F2N7O2/c1-15(2)35-22-17(12-31-35)11-30-21(32-22)23(36)33-25(7-8-25)18-5-3-16(4-6-18)20-13-29-14-34(24(20)37)19-9-26(27,28)10-19/h3-6,11-15,19H,7-10H2,1-2H3,(H,33,36). The molecule has 2 aliphatic carbocycles. The molecular weight excluding hydrogens is 480 g/mol. The van der Waals surface area contributed by atoms with Crippen molar-refractivity contribution in [2.45, 2.75) is 63.1 Å². The monoisotopic (exact) mass is 505 g/mol. The number of fused-ring (bicyclic) bond motifs is 1. The zero-order valence-corrected chi connectivity index (χ0v) is 20.4. The summed E-state index contributed by atoms with van der Waals surface area (Å²) in [5.74, 6) is -3.01. The van der Waals surface area contributed by atoms with Gasteiger partial charge in [0.05, 0.1) is 29.0 Å². The molecule has 0 unspecified atom stereocenters. The maximum Gasteiger partial charge on any atom is 0.289 e. The lowest BCUT2D eigenvalue weighted by Gasteiger charge is -2.35. The fourth-order valence-electron chi connectivity index (χ4n) is 4.89. The van der Waals surface area contributed by atoms with Crippen molar-refractivity contribution >= 4 is 16.9 Å². The molecule has 2 aliphatic rings. The Hall–Kier alpha value is -4.02. The van der Waals surface area contributed by atoms with Gasteiger partial charge < -0.3 is 5.32 Å². The second-order valence-electron chi connectivity index (χ2n) is 10.2. The van der Waals surface area contributed by atoms with E-state index in [-0.39, 0.29) is 36.2 Å². The van der Waals surface area contributed by atoms with Gasteiger partial charge in [0.2, 0.25) is 5.82 Å². The summed E-state index contributed by atoms with van der Waals surface area (Å²) in [6, 6.07) is 6.88. The Morgan fingerprint density at radius 3 is 2.49 bits per heavy atom. The van der Waals surface area contributed by atoms with Crippen LogP contribution < -0.4 is 10.9 Å². The molecule has 1 aromatic carbocycles. The minimum atomic E-state index is -2.72. The fraction of sp³-hybridized carbons (Fsp3) is 0.385. The predicted molar refractivity (Wildman–Crippen MR) is 131 cm³/mol. The number of amides is 1. The number of hydrogen-bond acceptors (Lipinski definition) is 6. The zero-order chi connectivity index (χ0) is 25.9. The molecule has 4 aromatic rings. The van der Waals surface area contributed by atoms with Gasteiger partial charge in [-0.25, -0.2) is 28.4 Å². The van der Waals surface area contributed by atoms with Gasteiger partial charge in [0.25, 0.3) is 17.4 Å². The molecule has 3 aromatic heterocycles. The normalized spacial score (nSPS) is 18.1. The van der Waals surface area contributed by atoms with Gasteiger partial charge >= 0.3 is 0 Å². The van der Waals surface area contributed by atoms with Crippen molar-refractivity contribution < 1.29 is 13.6 Å². The Kier molecular flexibility index (Phi) is 5.22. The average molecular weight is 506 g/mol. The molecule has 6 rings (SSSR count). The van der Waals surface area contributed by atoms with Crippen LogP contribution in [-0.4, -0.2) is 41.1 Å². The number of carbonyl (C=O) groups excluding carboxylic acids is 1. The minimum Gasteiger partial charge on any atom is -0.340 e. The van der Waals surface area contributed by atoms with E-state index in [0.29, 0.717) is 16.8 Å². The molecule has 0 aliphatic heterocycles. The molecule has 11 heteroatoms. The lowest BCUT2D eigenvalue weighted by atomic mass is 9.88. The van der Waals surface area contributed by atoms with Crippen LogP contribution in [0, 0.1) is 0 Å². The smallest absolute Gasteiger partial charge is 0.289 e. The summed E-state index contributed by atoms with van der Waals surface area (Å²) in [7, 11) is 0. The average Bonchev–Trinajstić information content (AvgIpc) is 3.51. The topological polar surface area (TPSA) is 108 Å². The maximum atomic E-state index is 13.3. The zero-order valence-electron chi connectivity index (χ0n) is 20.4. The fourth-order valence-corrected chi connectivity index (χ4v) is 4.89. The third-order valence-electron chi connectivity index (χ3n) is 7.20. The van der Waals surface area contributed by atoms with Gasteiger partial charge in [0.1, 0.15) is 0 Å². The first-order valence-corrected chi connectivity index (χ1v) is 12.2. The van der Waals surface area contributed by atoms with E-state index in [1.165, 1.54) is 17.1 Å². The summed E-state index contributed by atoms with van der Waals surface area (Å²) < 4.78 is 29.7. The Morgan fingerprint density at radius 2 is 1.84 bits per heavy atom. The van der Waals surface area contributed by atoms with Gasteiger partial charge in [-0.1, -0.05) is 24.3 Å². The van der Waals surface area contributed by atoms with Crippen molar-refractivity contribution in [1.29, 1.82) is 0 Å². The second-order valence-corrected chi connectivity index (χ2v) is 10.2. The SMILES string of the molecule is CC(C)n1ncc2cnc(C(=O)NC3(c4ccc(-c5cncn(C6CC(F)(F)C6)c5=O)cc4)CC3)nc21. The molecule has 190 valence electrons. The second kappa shape index (κ2) is 8.25. The van der Waals surface area contributed by atoms with E-state index in [1.54, 1.807) is 29.2 Å². The van der Waals surface area contributed by atoms with Crippen LogP contribution in [0.4, 0.5) is 8.78 Å². The number of rotatable bonds is 6. The number of nitrogens with one attached hydrogen (secondary N) is 1. The number of nitrogens with zero attached hydrogens (tertiary/aromatic N) is 6. The van der Waals surface area contributed by atoms with E-state index in [9.17, 15) is 18.4 Å². The number of aromatic nitrogens is 6. The predicted octanol–water partition coefficient (Wildman–Crippen LogP) is 4.02. The molecule has 0 atom stereocenters. The number of alkyl halides is 2. The summed E-state index contributed by atoms with van der Waals surface area (Å²) in [6.07, 6.45) is 6.88. The van der Waals surface area contributed by atoms with E-state index in [4.69, 9.17) is 0 Å². The highest BCUT2D eigenvalue weighted by atomic mass is 19.3. The lowest BCUT2D eigenvalue weighted by molar-refractivity contribution is -0.105. The number of benzene rings is 1. The van der Waals surface area contributed by atoms with Crippen molar-refractivity contribution in [3.05, 3.63) is 70.9 Å². The summed E-state index contributed by atoms with van der Waals surface area (Å²) in [5.41, 5.74) is 1.63. The lowest BCUT2D eigenvalue weighted by Crippen LogP contribution is -2.41. The van der Waals surface area contributed by atoms with Crippen molar-refractivity contribution in [1.82, 2.24) is 34.6 Å². The molecule has 9 nitrogen and oxygen atoms in total. The van der Waals surface area contributed by atoms with Gasteiger partial charge in [-0.05, 0) is 37.8 Å². The maximum absolute atomic E-state index is 13.3. The molecule has 0 spiro atoms. The van der Waals surface area contributed by atoms with Crippen LogP contribution in [0.5, 0.6) is 0 Å². The van der Waals surface area contributed by atoms with Gasteiger partial charge in [-0.2, -0.15) is 5.10 Å². The van der Waals surface area contributed by atoms with Crippen molar-refractivity contribution in [2.75, 3.05) is 0 Å². The minimum absolute atomic E-state index is 0.0790. The van der Waals surface area contributed by atoms with Crippen LogP contribution in [0.1, 0.15) is 67.8 Å². The molecule has 2 fully saturated rings. The molecule has 3 heterocycles. The van der Waals surface area contributed by atoms with Crippen LogP contribution in [-0.2, 0) is 5.54 Å². The van der Waals surface area contributed by atoms with Crippen molar-refractivity contribution in [3.63, 3.8) is 0 Å². The van der Waals surface area contributed by atoms with Gasteiger partial charge in [-0.3, -0.25) is 14.2 Å². The van der Waals surface area contributed by atoms with Crippen LogP contribution in [0.2, 0.25) is 0 Å². The first-order valence-electron chi connectivity index (χ1n) is 12.2. The first-order chi connectivity index (χ1) is 17.7. The molecule has 0 bridgehead atoms. The third kappa shape index (κ3) is 4.08. The van der Waals surface area contributed by atoms with E-state index >= 15 is 0 Å². The van der Waals surface area contributed by atoms with Gasteiger partial charge in [-0.15, -0.1) is 0 Å². The van der Waals surface area contributed by atoms with E-state index in [2.05, 4.69) is 25.4 Å². The molecule has 1 amide bonds. The number of halogens is 2. The highest BCUT2D eigenvalue weighted by Gasteiger charge is 2.47. The third-order valence-corrected chi connectivity index (χ3v) is 7.20. The van der Waals surface area contributed by atoms with Gasteiger partial charge in [0, 0.05) is 37.3 Å². The van der Waals surface area contributed by atoms with Crippen LogP contribution >= 0.6 is 0 Å². The molecule has 0 saturated heterocycles. The van der Waals surface area contributed by atoms with E-state index in [0.717, 1.165) is 23.8 Å².